The van der Waals surface area contributed by atoms with Gasteiger partial charge in [0.25, 0.3) is 0 Å². The number of aryl methyl sites for hydroxylation is 1. The minimum atomic E-state index is -3.36. The highest BCUT2D eigenvalue weighted by Crippen LogP contribution is 2.27. The van der Waals surface area contributed by atoms with Crippen LogP contribution in [0.5, 0.6) is 0 Å². The van der Waals surface area contributed by atoms with Crippen LogP contribution < -0.4 is 0 Å². The minimum Gasteiger partial charge on any atom is -0.246 e. The summed E-state index contributed by atoms with van der Waals surface area (Å²) in [5.74, 6) is 0. The molecule has 0 saturated carbocycles. The Morgan fingerprint density at radius 1 is 1.00 bits per heavy atom. The number of thiazole rings is 2. The van der Waals surface area contributed by atoms with Crippen molar-refractivity contribution in [1.29, 1.82) is 0 Å². The summed E-state index contributed by atoms with van der Waals surface area (Å²) in [6, 6.07) is 7.06. The van der Waals surface area contributed by atoms with E-state index < -0.39 is 10.0 Å². The number of nitrogens with zero attached hydrogens (tertiary/aromatic N) is 3. The van der Waals surface area contributed by atoms with E-state index >= 15 is 0 Å². The molecule has 1 fully saturated rings. The van der Waals surface area contributed by atoms with E-state index in [2.05, 4.69) is 9.97 Å². The molecule has 1 aromatic carbocycles. The molecule has 0 amide bonds. The molecule has 0 aliphatic carbocycles. The molecule has 3 heterocycles. The van der Waals surface area contributed by atoms with E-state index in [-0.39, 0.29) is 0 Å². The Hall–Kier alpha value is -1.61. The van der Waals surface area contributed by atoms with E-state index in [0.29, 0.717) is 18.0 Å². The van der Waals surface area contributed by atoms with Crippen molar-refractivity contribution >= 4 is 32.7 Å². The summed E-state index contributed by atoms with van der Waals surface area (Å²) >= 11 is 3.26. The van der Waals surface area contributed by atoms with Gasteiger partial charge in [-0.2, -0.15) is 4.31 Å². The topological polar surface area (TPSA) is 63.2 Å². The summed E-state index contributed by atoms with van der Waals surface area (Å²) in [5.41, 5.74) is 2.85. The molecule has 0 radical (unpaired) electrons. The van der Waals surface area contributed by atoms with Crippen LogP contribution in [0.3, 0.4) is 0 Å². The van der Waals surface area contributed by atoms with Crippen molar-refractivity contribution < 1.29 is 8.42 Å². The van der Waals surface area contributed by atoms with Gasteiger partial charge in [0.1, 0.15) is 5.01 Å². The summed E-state index contributed by atoms with van der Waals surface area (Å²) in [7, 11) is -3.36. The van der Waals surface area contributed by atoms with Gasteiger partial charge in [0.05, 0.1) is 22.0 Å². The van der Waals surface area contributed by atoms with Crippen LogP contribution in [0.25, 0.3) is 11.3 Å². The lowest BCUT2D eigenvalue weighted by atomic mass is 10.2. The van der Waals surface area contributed by atoms with Gasteiger partial charge in [-0.25, -0.2) is 18.4 Å². The Morgan fingerprint density at radius 3 is 2.31 bits per heavy atom. The van der Waals surface area contributed by atoms with E-state index in [0.717, 1.165) is 46.2 Å². The summed E-state index contributed by atoms with van der Waals surface area (Å²) in [6.45, 7) is 3.23. The lowest BCUT2D eigenvalue weighted by Crippen LogP contribution is -2.27. The number of hydrogen-bond acceptors (Lipinski definition) is 6. The molecular weight excluding hydrogens is 386 g/mol. The van der Waals surface area contributed by atoms with E-state index in [1.807, 2.05) is 29.8 Å². The van der Waals surface area contributed by atoms with Crippen molar-refractivity contribution in [2.75, 3.05) is 13.1 Å². The van der Waals surface area contributed by atoms with Crippen molar-refractivity contribution in [3.63, 3.8) is 0 Å². The molecule has 0 N–H and O–H groups in total. The highest BCUT2D eigenvalue weighted by molar-refractivity contribution is 7.89. The Kier molecular flexibility index (Phi) is 4.92. The first-order valence-corrected chi connectivity index (χ1v) is 11.7. The van der Waals surface area contributed by atoms with Gasteiger partial charge in [-0.15, -0.1) is 22.7 Å². The van der Waals surface area contributed by atoms with E-state index in [1.54, 1.807) is 39.1 Å². The fraction of sp³-hybridized carbons (Fsp3) is 0.333. The summed E-state index contributed by atoms with van der Waals surface area (Å²) in [6.07, 6.45) is 2.62. The average Bonchev–Trinajstić information content (AvgIpc) is 3.37. The number of sulfonamides is 1. The Morgan fingerprint density at radius 2 is 1.65 bits per heavy atom. The first kappa shape index (κ1) is 17.8. The molecule has 1 saturated heterocycles. The van der Waals surface area contributed by atoms with Gasteiger partial charge < -0.3 is 0 Å². The molecular formula is C18H19N3O2S3. The van der Waals surface area contributed by atoms with Crippen LogP contribution in [-0.2, 0) is 16.4 Å². The third-order valence-electron chi connectivity index (χ3n) is 4.37. The van der Waals surface area contributed by atoms with Gasteiger partial charge >= 0.3 is 0 Å². The SMILES string of the molecule is Cc1csc(Cc2nc(-c3ccc(S(=O)(=O)N4CCCC4)cc3)cs2)n1. The zero-order valence-corrected chi connectivity index (χ0v) is 16.8. The first-order valence-electron chi connectivity index (χ1n) is 8.48. The summed E-state index contributed by atoms with van der Waals surface area (Å²) < 4.78 is 26.8. The third kappa shape index (κ3) is 3.59. The van der Waals surface area contributed by atoms with Crippen molar-refractivity contribution in [2.45, 2.75) is 31.1 Å². The maximum absolute atomic E-state index is 12.6. The van der Waals surface area contributed by atoms with Crippen molar-refractivity contribution in [3.05, 3.63) is 50.7 Å². The lowest BCUT2D eigenvalue weighted by Gasteiger charge is -2.15. The predicted molar refractivity (Wildman–Crippen MR) is 105 cm³/mol. The maximum Gasteiger partial charge on any atom is 0.243 e. The van der Waals surface area contributed by atoms with Crippen LogP contribution in [0.15, 0.2) is 39.9 Å². The second-order valence-corrected chi connectivity index (χ2v) is 10.1. The first-order chi connectivity index (χ1) is 12.5. The van der Waals surface area contributed by atoms with Crippen molar-refractivity contribution in [3.8, 4) is 11.3 Å². The Bertz CT molecular complexity index is 1000. The van der Waals surface area contributed by atoms with Crippen LogP contribution in [0, 0.1) is 6.92 Å². The van der Waals surface area contributed by atoms with Gasteiger partial charge in [-0.05, 0) is 31.9 Å². The number of benzene rings is 1. The fourth-order valence-electron chi connectivity index (χ4n) is 3.01. The van der Waals surface area contributed by atoms with Gasteiger partial charge in [0.15, 0.2) is 0 Å². The molecule has 0 spiro atoms. The van der Waals surface area contributed by atoms with Gasteiger partial charge in [0.2, 0.25) is 10.0 Å². The van der Waals surface area contributed by atoms with Gasteiger partial charge in [0, 0.05) is 35.1 Å². The van der Waals surface area contributed by atoms with E-state index in [9.17, 15) is 8.42 Å². The van der Waals surface area contributed by atoms with Gasteiger partial charge in [-0.3, -0.25) is 0 Å². The predicted octanol–water partition coefficient (Wildman–Crippen LogP) is 3.95. The number of rotatable bonds is 5. The molecule has 8 heteroatoms. The van der Waals surface area contributed by atoms with Crippen molar-refractivity contribution in [2.24, 2.45) is 0 Å². The van der Waals surface area contributed by atoms with Crippen molar-refractivity contribution in [1.82, 2.24) is 14.3 Å². The molecule has 2 aromatic heterocycles. The molecule has 5 nitrogen and oxygen atoms in total. The second kappa shape index (κ2) is 7.19. The zero-order chi connectivity index (χ0) is 18.1. The molecule has 1 aliphatic rings. The normalized spacial score (nSPS) is 15.6. The maximum atomic E-state index is 12.6. The Balaban J connectivity index is 1.52. The number of aromatic nitrogens is 2. The molecule has 3 aromatic rings. The molecule has 4 rings (SSSR count). The molecule has 136 valence electrons. The lowest BCUT2D eigenvalue weighted by molar-refractivity contribution is 0.477. The second-order valence-electron chi connectivity index (χ2n) is 6.32. The average molecular weight is 406 g/mol. The minimum absolute atomic E-state index is 0.358. The molecule has 0 atom stereocenters. The monoisotopic (exact) mass is 405 g/mol. The number of hydrogen-bond donors (Lipinski definition) is 0. The standard InChI is InChI=1S/C18H19N3O2S3/c1-13-11-24-17(19-13)10-18-20-16(12-25-18)14-4-6-15(7-5-14)26(22,23)21-8-2-3-9-21/h4-7,11-12H,2-3,8-10H2,1H3. The quantitative estimate of drug-likeness (QED) is 0.645. The summed E-state index contributed by atoms with van der Waals surface area (Å²) in [5, 5.41) is 6.14. The highest BCUT2D eigenvalue weighted by atomic mass is 32.2. The molecule has 0 unspecified atom stereocenters. The van der Waals surface area contributed by atoms with E-state index in [4.69, 9.17) is 0 Å². The molecule has 1 aliphatic heterocycles. The molecule has 0 bridgehead atoms. The largest absolute Gasteiger partial charge is 0.246 e. The van der Waals surface area contributed by atoms with Crippen LogP contribution in [0.1, 0.15) is 28.6 Å². The van der Waals surface area contributed by atoms with E-state index in [1.165, 1.54) is 0 Å². The highest BCUT2D eigenvalue weighted by Gasteiger charge is 2.27. The smallest absolute Gasteiger partial charge is 0.243 e. The third-order valence-corrected chi connectivity index (χ3v) is 8.10. The zero-order valence-electron chi connectivity index (χ0n) is 14.4. The fourth-order valence-corrected chi connectivity index (χ4v) is 6.21. The van der Waals surface area contributed by atoms with Crippen LogP contribution in [0.2, 0.25) is 0 Å². The van der Waals surface area contributed by atoms with Gasteiger partial charge in [-0.1, -0.05) is 12.1 Å². The van der Waals surface area contributed by atoms with Crippen LogP contribution in [0.4, 0.5) is 0 Å². The van der Waals surface area contributed by atoms with Crippen LogP contribution in [-0.4, -0.2) is 35.8 Å². The van der Waals surface area contributed by atoms with Crippen LogP contribution >= 0.6 is 22.7 Å². The summed E-state index contributed by atoms with van der Waals surface area (Å²) in [4.78, 5) is 9.52. The Labute approximate surface area is 161 Å². The molecule has 26 heavy (non-hydrogen) atoms.